The molecule has 1 N–H and O–H groups in total. The Bertz CT molecular complexity index is 3420. The summed E-state index contributed by atoms with van der Waals surface area (Å²) in [4.78, 5) is 5.60. The fourth-order valence-corrected chi connectivity index (χ4v) is 11.1. The molecule has 11 aromatic rings. The molecule has 1 aliphatic rings. The van der Waals surface area contributed by atoms with Crippen LogP contribution in [0.25, 0.3) is 90.2 Å². The Hall–Kier alpha value is -6.01. The first-order valence-electron chi connectivity index (χ1n) is 17.3. The molecule has 3 nitrogen and oxygen atoms in total. The van der Waals surface area contributed by atoms with Gasteiger partial charge in [-0.3, -0.25) is 9.56 Å². The van der Waals surface area contributed by atoms with E-state index in [0.29, 0.717) is 0 Å². The quantitative estimate of drug-likeness (QED) is 0.180. The minimum atomic E-state index is -0.297. The van der Waals surface area contributed by atoms with Gasteiger partial charge in [0.05, 0.1) is 25.6 Å². The van der Waals surface area contributed by atoms with Crippen molar-refractivity contribution < 1.29 is 0 Å². The van der Waals surface area contributed by atoms with Gasteiger partial charge in [0.25, 0.3) is 0 Å². The zero-order valence-electron chi connectivity index (χ0n) is 27.2. The van der Waals surface area contributed by atoms with Crippen LogP contribution in [-0.2, 0) is 0 Å². The van der Waals surface area contributed by atoms with E-state index in [1.54, 1.807) is 0 Å². The van der Waals surface area contributed by atoms with E-state index in [2.05, 4.69) is 162 Å². The van der Waals surface area contributed by atoms with Gasteiger partial charge in [-0.2, -0.15) is 0 Å². The lowest BCUT2D eigenvalue weighted by molar-refractivity contribution is 0.627. The van der Waals surface area contributed by atoms with Crippen LogP contribution in [0.4, 0.5) is 0 Å². The zero-order chi connectivity index (χ0) is 33.2. The van der Waals surface area contributed by atoms with Crippen molar-refractivity contribution in [2.45, 2.75) is 6.17 Å². The van der Waals surface area contributed by atoms with E-state index in [-0.39, 0.29) is 6.17 Å². The van der Waals surface area contributed by atoms with Crippen LogP contribution in [-0.4, -0.2) is 4.57 Å². The average Bonchev–Trinajstić information content (AvgIpc) is 3.88. The number of aromatic nitrogens is 1. The number of rotatable bonds is 2. The number of hydrogen-bond acceptors (Lipinski definition) is 4. The second-order valence-corrected chi connectivity index (χ2v) is 15.6. The molecule has 238 valence electrons. The summed E-state index contributed by atoms with van der Waals surface area (Å²) in [6, 6.07) is 55.4. The average molecular weight is 686 g/mol. The molecule has 0 fully saturated rings. The van der Waals surface area contributed by atoms with E-state index in [9.17, 15) is 0 Å². The first-order chi connectivity index (χ1) is 25.3. The summed E-state index contributed by atoms with van der Waals surface area (Å²) in [5, 5.41) is 19.1. The van der Waals surface area contributed by atoms with Crippen LogP contribution in [0.2, 0.25) is 0 Å². The molecule has 0 spiro atoms. The first kappa shape index (κ1) is 27.8. The second-order valence-electron chi connectivity index (χ2n) is 13.5. The molecule has 0 radical (unpaired) electrons. The Morgan fingerprint density at radius 2 is 1.10 bits per heavy atom. The summed E-state index contributed by atoms with van der Waals surface area (Å²) < 4.78 is 7.57. The van der Waals surface area contributed by atoms with Crippen LogP contribution < -0.4 is 15.2 Å². The maximum absolute atomic E-state index is 5.60. The second kappa shape index (κ2) is 10.3. The van der Waals surface area contributed by atoms with Gasteiger partial charge in [0.2, 0.25) is 0 Å². The van der Waals surface area contributed by atoms with Gasteiger partial charge in [0.1, 0.15) is 12.0 Å². The number of hydrogen-bond donors (Lipinski definition) is 1. The van der Waals surface area contributed by atoms with Crippen LogP contribution >= 0.6 is 22.7 Å². The number of benzene rings is 8. The first-order valence-corrected chi connectivity index (χ1v) is 19.0. The molecule has 1 aliphatic heterocycles. The van der Waals surface area contributed by atoms with Crippen molar-refractivity contribution in [3.8, 4) is 0 Å². The van der Waals surface area contributed by atoms with Gasteiger partial charge in [0.15, 0.2) is 0 Å². The third-order valence-corrected chi connectivity index (χ3v) is 13.1. The molecular formula is C46H27N3S2. The smallest absolute Gasteiger partial charge is 0.147 e. The van der Waals surface area contributed by atoms with Gasteiger partial charge in [0, 0.05) is 41.9 Å². The summed E-state index contributed by atoms with van der Waals surface area (Å²) >= 11 is 3.73. The van der Waals surface area contributed by atoms with Crippen molar-refractivity contribution in [3.05, 3.63) is 167 Å². The van der Waals surface area contributed by atoms with Crippen molar-refractivity contribution in [2.24, 2.45) is 4.99 Å². The van der Waals surface area contributed by atoms with Gasteiger partial charge in [-0.1, -0.05) is 127 Å². The molecule has 0 aliphatic carbocycles. The van der Waals surface area contributed by atoms with Gasteiger partial charge in [-0.25, -0.2) is 0 Å². The Kier molecular flexibility index (Phi) is 5.59. The van der Waals surface area contributed by atoms with E-state index < -0.39 is 0 Å². The molecule has 51 heavy (non-hydrogen) atoms. The van der Waals surface area contributed by atoms with Gasteiger partial charge in [-0.05, 0) is 56.6 Å². The fraction of sp³-hybridized carbons (Fsp3) is 0.0217. The van der Waals surface area contributed by atoms with Gasteiger partial charge < -0.3 is 5.32 Å². The summed E-state index contributed by atoms with van der Waals surface area (Å²) in [6.45, 7) is 0. The maximum atomic E-state index is 5.60. The predicted octanol–water partition coefficient (Wildman–Crippen LogP) is 11.4. The lowest BCUT2D eigenvalue weighted by Crippen LogP contribution is -2.39. The Labute approximate surface area is 299 Å². The molecule has 0 saturated carbocycles. The van der Waals surface area contributed by atoms with Crippen molar-refractivity contribution in [1.82, 2.24) is 9.88 Å². The Morgan fingerprint density at radius 3 is 1.90 bits per heavy atom. The van der Waals surface area contributed by atoms with Crippen molar-refractivity contribution in [2.75, 3.05) is 0 Å². The van der Waals surface area contributed by atoms with Crippen LogP contribution in [0, 0.1) is 0 Å². The summed E-state index contributed by atoms with van der Waals surface area (Å²) in [5.41, 5.74) is 3.62. The number of nitrogens with one attached hydrogen (secondary N) is 1. The van der Waals surface area contributed by atoms with Crippen LogP contribution in [0.15, 0.2) is 157 Å². The lowest BCUT2D eigenvalue weighted by Gasteiger charge is -2.25. The molecule has 0 saturated heterocycles. The highest BCUT2D eigenvalue weighted by atomic mass is 32.1. The van der Waals surface area contributed by atoms with Crippen molar-refractivity contribution in [3.63, 3.8) is 0 Å². The van der Waals surface area contributed by atoms with E-state index in [4.69, 9.17) is 4.99 Å². The maximum Gasteiger partial charge on any atom is 0.147 e. The normalized spacial score (nSPS) is 14.7. The van der Waals surface area contributed by atoms with E-state index in [1.165, 1.54) is 94.5 Å². The minimum Gasteiger partial charge on any atom is -0.345 e. The summed E-state index contributed by atoms with van der Waals surface area (Å²) in [7, 11) is 0. The molecule has 8 aromatic carbocycles. The zero-order valence-corrected chi connectivity index (χ0v) is 28.9. The predicted molar refractivity (Wildman–Crippen MR) is 219 cm³/mol. The third kappa shape index (κ3) is 3.74. The highest BCUT2D eigenvalue weighted by Gasteiger charge is 2.27. The number of fused-ring (bicyclic) bond motifs is 16. The van der Waals surface area contributed by atoms with E-state index >= 15 is 0 Å². The Balaban J connectivity index is 1.27. The molecular weight excluding hydrogens is 659 g/mol. The van der Waals surface area contributed by atoms with Crippen molar-refractivity contribution >= 4 is 113 Å². The SMILES string of the molecule is c1ccc2c(c1)cc(C1N=c3c(sc4ccccc34)=C(n3c4ccccc4c4c5ccccc5c5c6ccccc6sc5c43)N1)c1ccccc12. The molecule has 12 rings (SSSR count). The third-order valence-electron chi connectivity index (χ3n) is 10.8. The topological polar surface area (TPSA) is 29.3 Å². The molecule has 1 unspecified atom stereocenters. The van der Waals surface area contributed by atoms with Gasteiger partial charge >= 0.3 is 0 Å². The molecule has 0 amide bonds. The minimum absolute atomic E-state index is 0.297. The number of para-hydroxylation sites is 1. The summed E-state index contributed by atoms with van der Waals surface area (Å²) in [5.74, 6) is 1.09. The lowest BCUT2D eigenvalue weighted by atomic mass is 9.95. The van der Waals surface area contributed by atoms with Crippen LogP contribution in [0.3, 0.4) is 0 Å². The fourth-order valence-electron chi connectivity index (χ4n) is 8.66. The molecule has 0 bridgehead atoms. The van der Waals surface area contributed by atoms with E-state index in [1.807, 2.05) is 22.7 Å². The van der Waals surface area contributed by atoms with Gasteiger partial charge in [-0.15, -0.1) is 22.7 Å². The standard InChI is InChI=1S/C46H27N3S2/c1-2-14-27-26(13-1)25-35(29-16-4-3-15-28(27)29)45-47-41-34-21-9-12-24-38(34)51-44(41)46(48-45)49-36-22-10-7-19-32(36)39-30-17-5-6-18-31(30)40-33-20-8-11-23-37(33)50-43(40)42(39)49/h1-25,45,48H. The molecule has 5 heteroatoms. The molecule has 3 aromatic heterocycles. The highest BCUT2D eigenvalue weighted by molar-refractivity contribution is 7.27. The largest absolute Gasteiger partial charge is 0.345 e. The monoisotopic (exact) mass is 685 g/mol. The Morgan fingerprint density at radius 1 is 0.510 bits per heavy atom. The molecule has 1 atom stereocenters. The van der Waals surface area contributed by atoms with E-state index in [0.717, 1.165) is 11.2 Å². The number of nitrogens with zero attached hydrogens (tertiary/aromatic N) is 2. The summed E-state index contributed by atoms with van der Waals surface area (Å²) in [6.07, 6.45) is -0.297. The van der Waals surface area contributed by atoms with Crippen LogP contribution in [0.5, 0.6) is 0 Å². The highest BCUT2D eigenvalue weighted by Crippen LogP contribution is 2.47. The van der Waals surface area contributed by atoms with Crippen LogP contribution in [0.1, 0.15) is 11.7 Å². The van der Waals surface area contributed by atoms with Crippen molar-refractivity contribution in [1.29, 1.82) is 0 Å². The number of thiophene rings is 2. The molecule has 4 heterocycles.